The number of aryl methyl sites for hydroxylation is 1. The van der Waals surface area contributed by atoms with Crippen molar-refractivity contribution in [3.8, 4) is 0 Å². The number of nitrogens with zero attached hydrogens (tertiary/aromatic N) is 2. The molecule has 6 nitrogen and oxygen atoms in total. The first kappa shape index (κ1) is 17.5. The lowest BCUT2D eigenvalue weighted by molar-refractivity contribution is -0.153. The lowest BCUT2D eigenvalue weighted by Gasteiger charge is -2.34. The van der Waals surface area contributed by atoms with Crippen LogP contribution in [0.15, 0.2) is 18.2 Å². The van der Waals surface area contributed by atoms with Crippen molar-refractivity contribution in [3.05, 3.63) is 29.3 Å². The molecule has 0 bridgehead atoms. The molecule has 2 atom stereocenters. The Hall–Kier alpha value is -2.37. The Morgan fingerprint density at radius 3 is 2.68 bits per heavy atom. The fourth-order valence-corrected chi connectivity index (χ4v) is 3.82. The molecule has 1 aromatic carbocycles. The Labute approximate surface area is 147 Å². The van der Waals surface area contributed by atoms with Gasteiger partial charge >= 0.3 is 5.97 Å². The molecule has 6 heteroatoms. The third-order valence-corrected chi connectivity index (χ3v) is 5.41. The average Bonchev–Trinajstić information content (AvgIpc) is 2.98. The van der Waals surface area contributed by atoms with E-state index in [0.29, 0.717) is 19.5 Å². The number of piperidine rings is 1. The van der Waals surface area contributed by atoms with Gasteiger partial charge in [-0.15, -0.1) is 0 Å². The summed E-state index contributed by atoms with van der Waals surface area (Å²) in [6.45, 7) is 4.75. The van der Waals surface area contributed by atoms with Gasteiger partial charge < -0.3 is 14.9 Å². The molecule has 2 aliphatic heterocycles. The Bertz CT molecular complexity index is 715. The molecule has 2 amide bonds. The SMILES string of the molecule is Cc1cccc(N2CC(C(=O)N3CCCCC3C(=O)O)CC2=O)c1C. The fourth-order valence-electron chi connectivity index (χ4n) is 3.82. The van der Waals surface area contributed by atoms with Crippen molar-refractivity contribution >= 4 is 23.5 Å². The van der Waals surface area contributed by atoms with Gasteiger partial charge in [0.2, 0.25) is 11.8 Å². The van der Waals surface area contributed by atoms with Crippen molar-refractivity contribution < 1.29 is 19.5 Å². The van der Waals surface area contributed by atoms with E-state index in [1.807, 2.05) is 32.0 Å². The van der Waals surface area contributed by atoms with Crippen molar-refractivity contribution in [2.75, 3.05) is 18.0 Å². The zero-order chi connectivity index (χ0) is 18.1. The van der Waals surface area contributed by atoms with E-state index in [2.05, 4.69) is 0 Å². The van der Waals surface area contributed by atoms with E-state index < -0.39 is 17.9 Å². The van der Waals surface area contributed by atoms with Gasteiger partial charge in [0, 0.05) is 25.2 Å². The van der Waals surface area contributed by atoms with Crippen LogP contribution < -0.4 is 4.90 Å². The third-order valence-electron chi connectivity index (χ3n) is 5.41. The number of likely N-dealkylation sites (tertiary alicyclic amines) is 1. The van der Waals surface area contributed by atoms with Gasteiger partial charge in [0.1, 0.15) is 6.04 Å². The van der Waals surface area contributed by atoms with E-state index in [-0.39, 0.29) is 18.2 Å². The van der Waals surface area contributed by atoms with Crippen LogP contribution in [-0.2, 0) is 14.4 Å². The molecule has 1 aromatic rings. The van der Waals surface area contributed by atoms with Crippen LogP contribution in [0.5, 0.6) is 0 Å². The smallest absolute Gasteiger partial charge is 0.326 e. The zero-order valence-electron chi connectivity index (χ0n) is 14.7. The van der Waals surface area contributed by atoms with Crippen LogP contribution in [0.3, 0.4) is 0 Å². The third kappa shape index (κ3) is 3.25. The summed E-state index contributed by atoms with van der Waals surface area (Å²) >= 11 is 0. The van der Waals surface area contributed by atoms with Crippen molar-refractivity contribution in [1.29, 1.82) is 0 Å². The number of carboxylic acid groups (broad SMARTS) is 1. The molecule has 25 heavy (non-hydrogen) atoms. The summed E-state index contributed by atoms with van der Waals surface area (Å²) in [5.41, 5.74) is 2.97. The van der Waals surface area contributed by atoms with E-state index >= 15 is 0 Å². The molecular formula is C19H24N2O4. The van der Waals surface area contributed by atoms with Gasteiger partial charge in [0.15, 0.2) is 0 Å². The van der Waals surface area contributed by atoms with Gasteiger partial charge in [-0.1, -0.05) is 12.1 Å². The van der Waals surface area contributed by atoms with Crippen LogP contribution in [0.4, 0.5) is 5.69 Å². The second-order valence-electron chi connectivity index (χ2n) is 7.01. The Morgan fingerprint density at radius 2 is 1.96 bits per heavy atom. The fraction of sp³-hybridized carbons (Fsp3) is 0.526. The molecule has 2 saturated heterocycles. The van der Waals surface area contributed by atoms with Gasteiger partial charge in [-0.2, -0.15) is 0 Å². The predicted molar refractivity (Wildman–Crippen MR) is 93.4 cm³/mol. The molecule has 0 radical (unpaired) electrons. The van der Waals surface area contributed by atoms with Crippen LogP contribution in [0, 0.1) is 19.8 Å². The van der Waals surface area contributed by atoms with Crippen LogP contribution in [0.25, 0.3) is 0 Å². The maximum absolute atomic E-state index is 12.9. The number of carbonyl (C=O) groups is 3. The summed E-state index contributed by atoms with van der Waals surface area (Å²) < 4.78 is 0. The van der Waals surface area contributed by atoms with Gasteiger partial charge in [0.25, 0.3) is 0 Å². The molecule has 1 N–H and O–H groups in total. The Morgan fingerprint density at radius 1 is 1.20 bits per heavy atom. The van der Waals surface area contributed by atoms with Gasteiger partial charge in [-0.3, -0.25) is 9.59 Å². The maximum atomic E-state index is 12.9. The number of carboxylic acids is 1. The predicted octanol–water partition coefficient (Wildman–Crippen LogP) is 2.12. The highest BCUT2D eigenvalue weighted by molar-refractivity contribution is 6.01. The van der Waals surface area contributed by atoms with Crippen molar-refractivity contribution in [2.24, 2.45) is 5.92 Å². The van der Waals surface area contributed by atoms with Gasteiger partial charge in [-0.05, 0) is 50.3 Å². The van der Waals surface area contributed by atoms with E-state index in [4.69, 9.17) is 0 Å². The maximum Gasteiger partial charge on any atom is 0.326 e. The first-order valence-corrected chi connectivity index (χ1v) is 8.80. The van der Waals surface area contributed by atoms with E-state index in [1.165, 1.54) is 4.90 Å². The molecule has 2 fully saturated rings. The monoisotopic (exact) mass is 344 g/mol. The topological polar surface area (TPSA) is 77.9 Å². The first-order valence-electron chi connectivity index (χ1n) is 8.80. The number of carbonyl (C=O) groups excluding carboxylic acids is 2. The zero-order valence-corrected chi connectivity index (χ0v) is 14.7. The highest BCUT2D eigenvalue weighted by Gasteiger charge is 2.41. The summed E-state index contributed by atoms with van der Waals surface area (Å²) in [6, 6.07) is 5.04. The average molecular weight is 344 g/mol. The molecule has 134 valence electrons. The molecule has 3 rings (SSSR count). The highest BCUT2D eigenvalue weighted by atomic mass is 16.4. The van der Waals surface area contributed by atoms with Crippen LogP contribution in [0.1, 0.15) is 36.8 Å². The summed E-state index contributed by atoms with van der Waals surface area (Å²) in [5, 5.41) is 9.38. The van der Waals surface area contributed by atoms with Crippen molar-refractivity contribution in [1.82, 2.24) is 4.90 Å². The standard InChI is InChI=1S/C19H24N2O4/c1-12-6-5-8-15(13(12)2)21-11-14(10-17(21)22)18(23)20-9-4-3-7-16(20)19(24)25/h5-6,8,14,16H,3-4,7,9-11H2,1-2H3,(H,24,25). The Kier molecular flexibility index (Phi) is 4.79. The number of benzene rings is 1. The number of aliphatic carboxylic acids is 1. The lowest BCUT2D eigenvalue weighted by Crippen LogP contribution is -2.50. The van der Waals surface area contributed by atoms with Gasteiger partial charge in [0.05, 0.1) is 5.92 Å². The summed E-state index contributed by atoms with van der Waals surface area (Å²) in [7, 11) is 0. The first-order chi connectivity index (χ1) is 11.9. The van der Waals surface area contributed by atoms with Crippen LogP contribution in [0.2, 0.25) is 0 Å². The molecule has 2 unspecified atom stereocenters. The number of hydrogen-bond acceptors (Lipinski definition) is 3. The van der Waals surface area contributed by atoms with E-state index in [9.17, 15) is 19.5 Å². The molecule has 0 spiro atoms. The molecule has 0 aromatic heterocycles. The number of rotatable bonds is 3. The normalized spacial score (nSPS) is 23.8. The van der Waals surface area contributed by atoms with Crippen molar-refractivity contribution in [2.45, 2.75) is 45.6 Å². The minimum absolute atomic E-state index is 0.0732. The van der Waals surface area contributed by atoms with Gasteiger partial charge in [-0.25, -0.2) is 4.79 Å². The summed E-state index contributed by atoms with van der Waals surface area (Å²) in [4.78, 5) is 39.9. The second-order valence-corrected chi connectivity index (χ2v) is 7.01. The largest absolute Gasteiger partial charge is 0.480 e. The minimum atomic E-state index is -0.955. The van der Waals surface area contributed by atoms with Crippen molar-refractivity contribution in [3.63, 3.8) is 0 Å². The second kappa shape index (κ2) is 6.86. The highest BCUT2D eigenvalue weighted by Crippen LogP contribution is 2.31. The molecule has 2 aliphatic rings. The molecule has 0 aliphatic carbocycles. The van der Waals surface area contributed by atoms with Crippen LogP contribution in [-0.4, -0.2) is 46.9 Å². The quantitative estimate of drug-likeness (QED) is 0.911. The molecule has 0 saturated carbocycles. The lowest BCUT2D eigenvalue weighted by atomic mass is 9.98. The Balaban J connectivity index is 1.79. The van der Waals surface area contributed by atoms with Crippen LogP contribution >= 0.6 is 0 Å². The van der Waals surface area contributed by atoms with E-state index in [0.717, 1.165) is 29.7 Å². The minimum Gasteiger partial charge on any atom is -0.480 e. The molecule has 2 heterocycles. The summed E-state index contributed by atoms with van der Waals surface area (Å²) in [5.74, 6) is -1.69. The number of hydrogen-bond donors (Lipinski definition) is 1. The molecular weight excluding hydrogens is 320 g/mol. The number of amides is 2. The summed E-state index contributed by atoms with van der Waals surface area (Å²) in [6.07, 6.45) is 2.27. The number of anilines is 1. The van der Waals surface area contributed by atoms with E-state index in [1.54, 1.807) is 4.90 Å².